The van der Waals surface area contributed by atoms with Crippen molar-refractivity contribution in [2.24, 2.45) is 0 Å². The van der Waals surface area contributed by atoms with Gasteiger partial charge in [-0.05, 0) is 12.1 Å². The van der Waals surface area contributed by atoms with Gasteiger partial charge in [0.1, 0.15) is 0 Å². The molecule has 0 aliphatic rings. The van der Waals surface area contributed by atoms with E-state index in [1.807, 2.05) is 0 Å². The Balaban J connectivity index is 2.42. The van der Waals surface area contributed by atoms with Crippen LogP contribution in [0.3, 0.4) is 0 Å². The largest absolute Gasteiger partial charge is 0.406 e. The Labute approximate surface area is 91.1 Å². The Bertz CT molecular complexity index is 589. The van der Waals surface area contributed by atoms with Crippen LogP contribution in [-0.2, 0) is 11.3 Å². The van der Waals surface area contributed by atoms with Gasteiger partial charge in [0.05, 0.1) is 17.4 Å². The van der Waals surface area contributed by atoms with Gasteiger partial charge >= 0.3 is 5.63 Å². The molecule has 0 unspecified atom stereocenters. The first-order valence-electron chi connectivity index (χ1n) is 4.80. The van der Waals surface area contributed by atoms with Gasteiger partial charge in [-0.15, -0.1) is 0 Å². The molecule has 0 saturated heterocycles. The Morgan fingerprint density at radius 1 is 1.44 bits per heavy atom. The minimum Gasteiger partial charge on any atom is -0.406 e. The monoisotopic (exact) mass is 218 g/mol. The lowest BCUT2D eigenvalue weighted by Crippen LogP contribution is -2.20. The van der Waals surface area contributed by atoms with Gasteiger partial charge in [-0.25, -0.2) is 9.78 Å². The SMILES string of the molecule is CC(=O)NCc1nc2ccccc2c(=O)o1. The lowest BCUT2D eigenvalue weighted by atomic mass is 10.2. The second-order valence-electron chi connectivity index (χ2n) is 3.32. The van der Waals surface area contributed by atoms with Crippen molar-refractivity contribution in [3.8, 4) is 0 Å². The van der Waals surface area contributed by atoms with Crippen LogP contribution in [-0.4, -0.2) is 10.9 Å². The predicted octanol–water partition coefficient (Wildman–Crippen LogP) is 0.824. The van der Waals surface area contributed by atoms with E-state index in [9.17, 15) is 9.59 Å². The minimum absolute atomic E-state index is 0.120. The number of amides is 1. The van der Waals surface area contributed by atoms with Gasteiger partial charge in [0, 0.05) is 6.92 Å². The molecular formula is C11H10N2O3. The van der Waals surface area contributed by atoms with E-state index >= 15 is 0 Å². The number of nitrogens with one attached hydrogen (secondary N) is 1. The average molecular weight is 218 g/mol. The lowest BCUT2D eigenvalue weighted by Gasteiger charge is -2.01. The van der Waals surface area contributed by atoms with Crippen molar-refractivity contribution in [1.82, 2.24) is 10.3 Å². The number of fused-ring (bicyclic) bond motifs is 1. The molecule has 0 saturated carbocycles. The van der Waals surface area contributed by atoms with E-state index in [2.05, 4.69) is 10.3 Å². The molecule has 5 nitrogen and oxygen atoms in total. The molecule has 1 aromatic heterocycles. The Hall–Kier alpha value is -2.17. The maximum atomic E-state index is 11.5. The maximum absolute atomic E-state index is 11.5. The number of benzene rings is 1. The Morgan fingerprint density at radius 3 is 2.94 bits per heavy atom. The second kappa shape index (κ2) is 4.14. The van der Waals surface area contributed by atoms with Crippen LogP contribution in [0.4, 0.5) is 0 Å². The summed E-state index contributed by atoms with van der Waals surface area (Å²) in [6.45, 7) is 1.51. The van der Waals surface area contributed by atoms with Crippen LogP contribution in [0.25, 0.3) is 10.9 Å². The van der Waals surface area contributed by atoms with Crippen molar-refractivity contribution in [3.05, 3.63) is 40.6 Å². The minimum atomic E-state index is -0.439. The number of aromatic nitrogens is 1. The zero-order valence-corrected chi connectivity index (χ0v) is 8.69. The van der Waals surface area contributed by atoms with Crippen LogP contribution in [0.1, 0.15) is 12.8 Å². The van der Waals surface area contributed by atoms with Gasteiger partial charge in [-0.3, -0.25) is 4.79 Å². The molecule has 2 aromatic rings. The summed E-state index contributed by atoms with van der Waals surface area (Å²) in [5, 5.41) is 2.96. The molecule has 0 aliphatic carbocycles. The van der Waals surface area contributed by atoms with E-state index in [1.54, 1.807) is 24.3 Å². The van der Waals surface area contributed by atoms with Crippen molar-refractivity contribution in [2.45, 2.75) is 13.5 Å². The first kappa shape index (κ1) is 10.4. The number of para-hydroxylation sites is 1. The van der Waals surface area contributed by atoms with E-state index in [1.165, 1.54) is 6.92 Å². The third kappa shape index (κ3) is 2.08. The molecule has 1 N–H and O–H groups in total. The van der Waals surface area contributed by atoms with Gasteiger partial charge < -0.3 is 9.73 Å². The fourth-order valence-electron chi connectivity index (χ4n) is 1.34. The van der Waals surface area contributed by atoms with Crippen LogP contribution in [0.5, 0.6) is 0 Å². The molecular weight excluding hydrogens is 208 g/mol. The normalized spacial score (nSPS) is 10.3. The van der Waals surface area contributed by atoms with E-state index in [0.717, 1.165) is 0 Å². The Kier molecular flexibility index (Phi) is 2.68. The van der Waals surface area contributed by atoms with Gasteiger partial charge in [0.15, 0.2) is 0 Å². The van der Waals surface area contributed by atoms with Crippen molar-refractivity contribution in [2.75, 3.05) is 0 Å². The van der Waals surface area contributed by atoms with Crippen molar-refractivity contribution in [1.29, 1.82) is 0 Å². The number of hydrogen-bond acceptors (Lipinski definition) is 4. The fourth-order valence-corrected chi connectivity index (χ4v) is 1.34. The summed E-state index contributed by atoms with van der Waals surface area (Å²) in [6.07, 6.45) is 0. The highest BCUT2D eigenvalue weighted by molar-refractivity contribution is 5.76. The lowest BCUT2D eigenvalue weighted by molar-refractivity contribution is -0.119. The summed E-state index contributed by atoms with van der Waals surface area (Å²) >= 11 is 0. The molecule has 0 bridgehead atoms. The molecule has 1 amide bonds. The van der Waals surface area contributed by atoms with Crippen LogP contribution in [0, 0.1) is 0 Å². The van der Waals surface area contributed by atoms with Crippen molar-refractivity contribution < 1.29 is 9.21 Å². The smallest absolute Gasteiger partial charge is 0.346 e. The molecule has 0 atom stereocenters. The quantitative estimate of drug-likeness (QED) is 0.810. The number of carbonyl (C=O) groups excluding carboxylic acids is 1. The van der Waals surface area contributed by atoms with E-state index in [-0.39, 0.29) is 18.3 Å². The van der Waals surface area contributed by atoms with Gasteiger partial charge in [-0.1, -0.05) is 12.1 Å². The van der Waals surface area contributed by atoms with Crippen molar-refractivity contribution in [3.63, 3.8) is 0 Å². The maximum Gasteiger partial charge on any atom is 0.346 e. The van der Waals surface area contributed by atoms with Crippen LogP contribution in [0.15, 0.2) is 33.5 Å². The topological polar surface area (TPSA) is 72.2 Å². The van der Waals surface area contributed by atoms with E-state index in [0.29, 0.717) is 10.9 Å². The van der Waals surface area contributed by atoms with Crippen LogP contribution < -0.4 is 10.9 Å². The number of hydrogen-bond donors (Lipinski definition) is 1. The van der Waals surface area contributed by atoms with E-state index in [4.69, 9.17) is 4.42 Å². The van der Waals surface area contributed by atoms with Crippen LogP contribution in [0.2, 0.25) is 0 Å². The molecule has 1 aromatic carbocycles. The molecule has 5 heteroatoms. The summed E-state index contributed by atoms with van der Waals surface area (Å²) in [5.41, 5.74) is 0.130. The predicted molar refractivity (Wildman–Crippen MR) is 57.8 cm³/mol. The molecule has 1 heterocycles. The molecule has 82 valence electrons. The molecule has 0 radical (unpaired) electrons. The highest BCUT2D eigenvalue weighted by Gasteiger charge is 2.05. The highest BCUT2D eigenvalue weighted by Crippen LogP contribution is 2.06. The van der Waals surface area contributed by atoms with Gasteiger partial charge in [0.25, 0.3) is 0 Å². The summed E-state index contributed by atoms with van der Waals surface area (Å²) in [7, 11) is 0. The molecule has 0 fully saturated rings. The highest BCUT2D eigenvalue weighted by atomic mass is 16.4. The number of nitrogens with zero attached hydrogens (tertiary/aromatic N) is 1. The summed E-state index contributed by atoms with van der Waals surface area (Å²) in [6, 6.07) is 6.91. The molecule has 0 aliphatic heterocycles. The first-order valence-corrected chi connectivity index (χ1v) is 4.80. The summed E-state index contributed by atoms with van der Waals surface area (Å²) in [4.78, 5) is 26.4. The fraction of sp³-hybridized carbons (Fsp3) is 0.182. The molecule has 2 rings (SSSR count). The standard InChI is InChI=1S/C11H10N2O3/c1-7(14)12-6-10-13-9-5-3-2-4-8(9)11(15)16-10/h2-5H,6H2,1H3,(H,12,14). The van der Waals surface area contributed by atoms with Crippen LogP contribution >= 0.6 is 0 Å². The average Bonchev–Trinajstić information content (AvgIpc) is 2.26. The van der Waals surface area contributed by atoms with Gasteiger partial charge in [-0.2, -0.15) is 0 Å². The molecule has 0 spiro atoms. The molecule has 16 heavy (non-hydrogen) atoms. The van der Waals surface area contributed by atoms with E-state index < -0.39 is 5.63 Å². The second-order valence-corrected chi connectivity index (χ2v) is 3.32. The zero-order valence-electron chi connectivity index (χ0n) is 8.69. The number of carbonyl (C=O) groups is 1. The van der Waals surface area contributed by atoms with Crippen molar-refractivity contribution >= 4 is 16.8 Å². The number of rotatable bonds is 2. The third-order valence-electron chi connectivity index (χ3n) is 2.07. The third-order valence-corrected chi connectivity index (χ3v) is 2.07. The summed E-state index contributed by atoms with van der Waals surface area (Å²) < 4.78 is 4.96. The Morgan fingerprint density at radius 2 is 2.19 bits per heavy atom. The first-order chi connectivity index (χ1) is 7.66. The summed E-state index contributed by atoms with van der Waals surface area (Å²) in [5.74, 6) is 0.0107. The zero-order chi connectivity index (χ0) is 11.5. The van der Waals surface area contributed by atoms with Gasteiger partial charge in [0.2, 0.25) is 11.8 Å².